The fourth-order valence-electron chi connectivity index (χ4n) is 1.56. The molecule has 3 nitrogen and oxygen atoms in total. The summed E-state index contributed by atoms with van der Waals surface area (Å²) in [7, 11) is 1.93. The summed E-state index contributed by atoms with van der Waals surface area (Å²) in [6.45, 7) is 3.48. The quantitative estimate of drug-likeness (QED) is 0.587. The van der Waals surface area contributed by atoms with Gasteiger partial charge in [0.15, 0.2) is 0 Å². The van der Waals surface area contributed by atoms with E-state index in [2.05, 4.69) is 0 Å². The third kappa shape index (κ3) is 2.01. The molecule has 0 fully saturated rings. The molecule has 0 aliphatic rings. The van der Waals surface area contributed by atoms with E-state index in [1.165, 1.54) is 0 Å². The van der Waals surface area contributed by atoms with Gasteiger partial charge in [-0.25, -0.2) is 0 Å². The third-order valence-electron chi connectivity index (χ3n) is 2.45. The fourth-order valence-corrected chi connectivity index (χ4v) is 1.75. The fraction of sp³-hybridized carbons (Fsp3) is 0.600. The Morgan fingerprint density at radius 2 is 2.07 bits per heavy atom. The summed E-state index contributed by atoms with van der Waals surface area (Å²) in [5.41, 5.74) is 7.16. The average molecular weight is 212 g/mol. The Hall–Kier alpha value is -0.740. The molecule has 0 bridgehead atoms. The summed E-state index contributed by atoms with van der Waals surface area (Å²) in [6, 6.07) is 0. The zero-order valence-corrected chi connectivity index (χ0v) is 9.49. The van der Waals surface area contributed by atoms with Crippen LogP contribution < -0.4 is 16.1 Å². The molecule has 0 aliphatic heterocycles. The number of unbranched alkanes of at least 4 members (excludes halogenated alkanes) is 1. The minimum Gasteiger partial charge on any atom is -0.371 e. The first kappa shape index (κ1) is 11.3. The van der Waals surface area contributed by atoms with E-state index in [0.29, 0.717) is 11.1 Å². The number of hydrogen-bond acceptors (Lipinski definition) is 4. The van der Waals surface area contributed by atoms with Gasteiger partial charge >= 0.3 is 0 Å². The van der Waals surface area contributed by atoms with E-state index in [1.807, 2.05) is 18.9 Å². The lowest BCUT2D eigenvalue weighted by molar-refractivity contribution is 0.724. The zero-order valence-electron chi connectivity index (χ0n) is 8.67. The minimum atomic E-state index is 0.0211. The number of anilines is 1. The molecule has 0 amide bonds. The second-order valence-corrected chi connectivity index (χ2v) is 3.96. The van der Waals surface area contributed by atoms with E-state index in [9.17, 15) is 4.79 Å². The van der Waals surface area contributed by atoms with Crippen LogP contribution in [0.3, 0.4) is 0 Å². The van der Waals surface area contributed by atoms with Crippen molar-refractivity contribution in [3.8, 4) is 0 Å². The molecule has 1 rings (SSSR count). The molecule has 1 aromatic rings. The van der Waals surface area contributed by atoms with E-state index in [1.54, 1.807) is 0 Å². The highest BCUT2D eigenvalue weighted by Crippen LogP contribution is 2.18. The first-order valence-electron chi connectivity index (χ1n) is 4.80. The first-order chi connectivity index (χ1) is 6.59. The van der Waals surface area contributed by atoms with E-state index >= 15 is 0 Å². The molecule has 4 heteroatoms. The molecule has 14 heavy (non-hydrogen) atoms. The first-order valence-corrected chi connectivity index (χ1v) is 5.21. The van der Waals surface area contributed by atoms with Crippen LogP contribution in [0.5, 0.6) is 0 Å². The molecule has 0 spiro atoms. The highest BCUT2D eigenvalue weighted by molar-refractivity contribution is 7.71. The maximum absolute atomic E-state index is 11.4. The van der Waals surface area contributed by atoms with Gasteiger partial charge in [-0.1, -0.05) is 12.2 Å². The number of nitrogens with zero attached hydrogens (tertiary/aromatic N) is 1. The van der Waals surface area contributed by atoms with Crippen molar-refractivity contribution >= 4 is 17.9 Å². The lowest BCUT2D eigenvalue weighted by atomic mass is 10.1. The van der Waals surface area contributed by atoms with Crippen molar-refractivity contribution in [3.63, 3.8) is 0 Å². The summed E-state index contributed by atoms with van der Waals surface area (Å²) in [4.78, 5) is 13.4. The largest absolute Gasteiger partial charge is 0.371 e. The van der Waals surface area contributed by atoms with Crippen molar-refractivity contribution < 1.29 is 0 Å². The summed E-state index contributed by atoms with van der Waals surface area (Å²) < 4.78 is 0.491. The van der Waals surface area contributed by atoms with Gasteiger partial charge in [0, 0.05) is 13.6 Å². The van der Waals surface area contributed by atoms with Gasteiger partial charge in [0.05, 0.1) is 10.2 Å². The topological polar surface area (TPSA) is 46.3 Å². The molecule has 0 saturated heterocycles. The molecule has 0 saturated carbocycles. The third-order valence-corrected chi connectivity index (χ3v) is 2.94. The van der Waals surface area contributed by atoms with Crippen LogP contribution in [0, 0.1) is 11.4 Å². The lowest BCUT2D eigenvalue weighted by Gasteiger charge is -2.22. The highest BCUT2D eigenvalue weighted by Gasteiger charge is 2.16. The monoisotopic (exact) mass is 212 g/mol. The van der Waals surface area contributed by atoms with Gasteiger partial charge in [0.2, 0.25) is 5.43 Å². The van der Waals surface area contributed by atoms with Crippen molar-refractivity contribution in [3.05, 3.63) is 20.3 Å². The second-order valence-electron chi connectivity index (χ2n) is 3.55. The Balaban J connectivity index is 2.58. The molecule has 1 aromatic carbocycles. The van der Waals surface area contributed by atoms with Gasteiger partial charge in [-0.15, -0.1) is 0 Å². The zero-order chi connectivity index (χ0) is 10.7. The predicted molar refractivity (Wildman–Crippen MR) is 62.2 cm³/mol. The van der Waals surface area contributed by atoms with Gasteiger partial charge < -0.3 is 10.6 Å². The second kappa shape index (κ2) is 4.66. The van der Waals surface area contributed by atoms with Crippen LogP contribution in [0.1, 0.15) is 18.4 Å². The molecule has 78 valence electrons. The van der Waals surface area contributed by atoms with Crippen LogP contribution in [0.4, 0.5) is 5.69 Å². The number of hydrogen-bond donors (Lipinski definition) is 1. The van der Waals surface area contributed by atoms with Gasteiger partial charge in [0.1, 0.15) is 0 Å². The molecular formula is C10H16N2OS. The van der Waals surface area contributed by atoms with Crippen LogP contribution >= 0.6 is 12.2 Å². The summed E-state index contributed by atoms with van der Waals surface area (Å²) in [5, 5.41) is 0. The Kier molecular flexibility index (Phi) is 3.77. The molecular weight excluding hydrogens is 196 g/mol. The van der Waals surface area contributed by atoms with Crippen molar-refractivity contribution in [1.29, 1.82) is 0 Å². The number of nitrogens with two attached hydrogens (primary N) is 1. The van der Waals surface area contributed by atoms with Gasteiger partial charge in [-0.05, 0) is 31.9 Å². The van der Waals surface area contributed by atoms with Crippen molar-refractivity contribution in [1.82, 2.24) is 0 Å². The van der Waals surface area contributed by atoms with Crippen LogP contribution in [-0.2, 0) is 0 Å². The molecule has 2 N–H and O–H groups in total. The Morgan fingerprint density at radius 1 is 1.43 bits per heavy atom. The molecule has 0 atom stereocenters. The molecule has 0 unspecified atom stereocenters. The number of rotatable bonds is 5. The maximum atomic E-state index is 11.4. The normalized spacial score (nSPS) is 10.8. The molecule has 0 radical (unpaired) electrons. The Bertz CT molecular complexity index is 379. The summed E-state index contributed by atoms with van der Waals surface area (Å²) in [5.74, 6) is 0. The van der Waals surface area contributed by atoms with Crippen molar-refractivity contribution in [2.75, 3.05) is 25.0 Å². The van der Waals surface area contributed by atoms with Gasteiger partial charge in [-0.2, -0.15) is 0 Å². The smallest absolute Gasteiger partial charge is 0.220 e. The summed E-state index contributed by atoms with van der Waals surface area (Å²) in [6.07, 6.45) is 2.01. The average Bonchev–Trinajstić information content (AvgIpc) is 2.18. The van der Waals surface area contributed by atoms with Crippen molar-refractivity contribution in [2.45, 2.75) is 19.8 Å². The molecule has 0 heterocycles. The van der Waals surface area contributed by atoms with Crippen molar-refractivity contribution in [2.24, 2.45) is 5.73 Å². The minimum absolute atomic E-state index is 0.0211. The predicted octanol–water partition coefficient (Wildman–Crippen LogP) is 1.14. The van der Waals surface area contributed by atoms with Crippen LogP contribution in [0.2, 0.25) is 0 Å². The van der Waals surface area contributed by atoms with Crippen LogP contribution in [-0.4, -0.2) is 20.1 Å². The standard InChI is InChI=1S/C10H16N2OS/c1-7-8(9(13)10(7)14)12(2)6-4-3-5-11/h3-6,11H2,1-2H3. The lowest BCUT2D eigenvalue weighted by Crippen LogP contribution is -2.30. The Labute approximate surface area is 89.2 Å². The van der Waals surface area contributed by atoms with Crippen LogP contribution in [0.15, 0.2) is 4.79 Å². The summed E-state index contributed by atoms with van der Waals surface area (Å²) >= 11 is 4.91. The van der Waals surface area contributed by atoms with Crippen LogP contribution in [0.25, 0.3) is 0 Å². The van der Waals surface area contributed by atoms with Gasteiger partial charge in [0.25, 0.3) is 0 Å². The highest BCUT2D eigenvalue weighted by atomic mass is 32.1. The maximum Gasteiger partial charge on any atom is 0.220 e. The van der Waals surface area contributed by atoms with E-state index in [-0.39, 0.29) is 5.43 Å². The molecule has 0 aliphatic carbocycles. The Morgan fingerprint density at radius 3 is 2.57 bits per heavy atom. The van der Waals surface area contributed by atoms with E-state index in [4.69, 9.17) is 18.0 Å². The SMILES string of the molecule is Cc1c(N(C)CCCCN)c(=O)c1=S. The van der Waals surface area contributed by atoms with E-state index < -0.39 is 0 Å². The van der Waals surface area contributed by atoms with E-state index in [0.717, 1.165) is 30.6 Å². The van der Waals surface area contributed by atoms with Gasteiger partial charge in [-0.3, -0.25) is 4.79 Å². The molecule has 0 aromatic heterocycles.